The maximum Gasteiger partial charge on any atom is 0.325 e. The van der Waals surface area contributed by atoms with E-state index in [1.165, 1.54) is 14.2 Å². The van der Waals surface area contributed by atoms with Crippen molar-refractivity contribution in [3.05, 3.63) is 22.8 Å². The third kappa shape index (κ3) is 3.92. The van der Waals surface area contributed by atoms with E-state index in [9.17, 15) is 9.59 Å². The van der Waals surface area contributed by atoms with Gasteiger partial charge in [0.2, 0.25) is 0 Å². The van der Waals surface area contributed by atoms with Gasteiger partial charge in [-0.2, -0.15) is 0 Å². The van der Waals surface area contributed by atoms with Crippen molar-refractivity contribution in [2.24, 2.45) is 10.9 Å². The summed E-state index contributed by atoms with van der Waals surface area (Å²) in [6.45, 7) is 0. The third-order valence-electron chi connectivity index (χ3n) is 1.97. The van der Waals surface area contributed by atoms with Crippen LogP contribution in [0.15, 0.2) is 27.8 Å². The standard InChI is InChI=1S/C11H11BrN2O4/c1-17-10(15)8(11(16)18-2)6-14-9-5-7(12)3-4-13-9/h3-6,8H,1-2H3. The minimum atomic E-state index is -1.19. The molecule has 1 aromatic heterocycles. The molecule has 18 heavy (non-hydrogen) atoms. The zero-order chi connectivity index (χ0) is 13.5. The topological polar surface area (TPSA) is 77.9 Å². The Labute approximate surface area is 112 Å². The minimum Gasteiger partial charge on any atom is -0.468 e. The average Bonchev–Trinajstić information content (AvgIpc) is 2.38. The maximum atomic E-state index is 11.4. The van der Waals surface area contributed by atoms with Crippen LogP contribution in [0, 0.1) is 5.92 Å². The molecule has 0 fully saturated rings. The van der Waals surface area contributed by atoms with Gasteiger partial charge in [-0.15, -0.1) is 0 Å². The quantitative estimate of drug-likeness (QED) is 0.478. The number of ether oxygens (including phenoxy) is 2. The van der Waals surface area contributed by atoms with Crippen molar-refractivity contribution in [2.45, 2.75) is 0 Å². The van der Waals surface area contributed by atoms with Crippen LogP contribution in [0.4, 0.5) is 5.82 Å². The van der Waals surface area contributed by atoms with Gasteiger partial charge in [-0.3, -0.25) is 9.59 Å². The Bertz CT molecular complexity index is 460. The Morgan fingerprint density at radius 2 is 2.00 bits per heavy atom. The number of carbonyl (C=O) groups is 2. The van der Waals surface area contributed by atoms with E-state index < -0.39 is 17.9 Å². The molecule has 1 heterocycles. The number of carbonyl (C=O) groups excluding carboxylic acids is 2. The molecule has 0 atom stereocenters. The van der Waals surface area contributed by atoms with Crippen LogP contribution in [-0.4, -0.2) is 37.4 Å². The maximum absolute atomic E-state index is 11.4. The van der Waals surface area contributed by atoms with Gasteiger partial charge in [0.1, 0.15) is 0 Å². The predicted octanol–water partition coefficient (Wildman–Crippen LogP) is 1.51. The van der Waals surface area contributed by atoms with Gasteiger partial charge < -0.3 is 9.47 Å². The summed E-state index contributed by atoms with van der Waals surface area (Å²) in [5.74, 6) is -2.30. The molecule has 0 saturated carbocycles. The molecule has 7 heteroatoms. The minimum absolute atomic E-state index is 0.363. The van der Waals surface area contributed by atoms with Crippen molar-refractivity contribution in [1.29, 1.82) is 0 Å². The first kappa shape index (κ1) is 14.3. The SMILES string of the molecule is COC(=O)C(C=Nc1cc(Br)ccn1)C(=O)OC. The molecule has 1 rings (SSSR count). The summed E-state index contributed by atoms with van der Waals surface area (Å²) in [7, 11) is 2.37. The average molecular weight is 315 g/mol. The van der Waals surface area contributed by atoms with E-state index in [0.717, 1.165) is 10.7 Å². The second-order valence-corrected chi connectivity index (χ2v) is 4.05. The van der Waals surface area contributed by atoms with Crippen molar-refractivity contribution < 1.29 is 19.1 Å². The second kappa shape index (κ2) is 6.85. The van der Waals surface area contributed by atoms with Crippen LogP contribution < -0.4 is 0 Å². The molecule has 0 aliphatic carbocycles. The van der Waals surface area contributed by atoms with Crippen molar-refractivity contribution in [3.8, 4) is 0 Å². The summed E-state index contributed by atoms with van der Waals surface area (Å²) >= 11 is 3.26. The van der Waals surface area contributed by atoms with Crippen molar-refractivity contribution in [2.75, 3.05) is 14.2 Å². The Morgan fingerprint density at radius 1 is 1.39 bits per heavy atom. The summed E-state index contributed by atoms with van der Waals surface area (Å²) in [5, 5.41) is 0. The Morgan fingerprint density at radius 3 is 2.50 bits per heavy atom. The zero-order valence-corrected chi connectivity index (χ0v) is 11.4. The Kier molecular flexibility index (Phi) is 5.44. The first-order chi connectivity index (χ1) is 8.58. The lowest BCUT2D eigenvalue weighted by molar-refractivity contribution is -0.154. The molecule has 96 valence electrons. The smallest absolute Gasteiger partial charge is 0.325 e. The van der Waals surface area contributed by atoms with Gasteiger partial charge in [0, 0.05) is 16.9 Å². The number of esters is 2. The lowest BCUT2D eigenvalue weighted by Crippen LogP contribution is -2.27. The van der Waals surface area contributed by atoms with E-state index in [-0.39, 0.29) is 0 Å². The fraction of sp³-hybridized carbons (Fsp3) is 0.273. The van der Waals surface area contributed by atoms with Crippen molar-refractivity contribution in [3.63, 3.8) is 0 Å². The summed E-state index contributed by atoms with van der Waals surface area (Å²) < 4.78 is 9.76. The predicted molar refractivity (Wildman–Crippen MR) is 67.6 cm³/mol. The number of aliphatic imine (C=N–C) groups is 1. The fourth-order valence-corrected chi connectivity index (χ4v) is 1.41. The highest BCUT2D eigenvalue weighted by molar-refractivity contribution is 9.10. The Hall–Kier alpha value is -1.76. The molecular weight excluding hydrogens is 304 g/mol. The van der Waals surface area contributed by atoms with E-state index in [0.29, 0.717) is 5.82 Å². The summed E-state index contributed by atoms with van der Waals surface area (Å²) in [6.07, 6.45) is 2.69. The number of methoxy groups -OCH3 is 2. The number of rotatable bonds is 4. The molecule has 1 aromatic rings. The van der Waals surface area contributed by atoms with Gasteiger partial charge in [0.05, 0.1) is 14.2 Å². The zero-order valence-electron chi connectivity index (χ0n) is 9.79. The van der Waals surface area contributed by atoms with Gasteiger partial charge in [-0.1, -0.05) is 15.9 Å². The largest absolute Gasteiger partial charge is 0.468 e. The van der Waals surface area contributed by atoms with Crippen LogP contribution >= 0.6 is 15.9 Å². The monoisotopic (exact) mass is 314 g/mol. The molecule has 0 aliphatic heterocycles. The fourth-order valence-electron chi connectivity index (χ4n) is 1.09. The first-order valence-electron chi connectivity index (χ1n) is 4.90. The highest BCUT2D eigenvalue weighted by Crippen LogP contribution is 2.15. The molecule has 0 amide bonds. The number of pyridine rings is 1. The highest BCUT2D eigenvalue weighted by Gasteiger charge is 2.26. The van der Waals surface area contributed by atoms with Gasteiger partial charge in [-0.05, 0) is 12.1 Å². The van der Waals surface area contributed by atoms with Gasteiger partial charge in [-0.25, -0.2) is 9.98 Å². The lowest BCUT2D eigenvalue weighted by Gasteiger charge is -2.06. The van der Waals surface area contributed by atoms with E-state index in [4.69, 9.17) is 0 Å². The molecule has 0 N–H and O–H groups in total. The number of nitrogens with zero attached hydrogens (tertiary/aromatic N) is 2. The Balaban J connectivity index is 2.89. The first-order valence-corrected chi connectivity index (χ1v) is 5.69. The van der Waals surface area contributed by atoms with Crippen LogP contribution in [0.1, 0.15) is 0 Å². The lowest BCUT2D eigenvalue weighted by atomic mass is 10.2. The number of aromatic nitrogens is 1. The van der Waals surface area contributed by atoms with Crippen LogP contribution in [-0.2, 0) is 19.1 Å². The van der Waals surface area contributed by atoms with Crippen LogP contribution in [0.25, 0.3) is 0 Å². The highest BCUT2D eigenvalue weighted by atomic mass is 79.9. The van der Waals surface area contributed by atoms with E-state index in [1.807, 2.05) is 0 Å². The third-order valence-corrected chi connectivity index (χ3v) is 2.47. The molecule has 0 unspecified atom stereocenters. The van der Waals surface area contributed by atoms with Gasteiger partial charge >= 0.3 is 11.9 Å². The van der Waals surface area contributed by atoms with Crippen LogP contribution in [0.2, 0.25) is 0 Å². The molecule has 6 nitrogen and oxygen atoms in total. The molecule has 0 saturated heterocycles. The van der Waals surface area contributed by atoms with Gasteiger partial charge in [0.25, 0.3) is 0 Å². The second-order valence-electron chi connectivity index (χ2n) is 3.13. The molecular formula is C11H11BrN2O4. The molecule has 0 aromatic carbocycles. The van der Waals surface area contributed by atoms with Crippen molar-refractivity contribution in [1.82, 2.24) is 4.98 Å². The number of hydrogen-bond donors (Lipinski definition) is 0. The van der Waals surface area contributed by atoms with E-state index in [1.54, 1.807) is 18.3 Å². The molecule has 0 radical (unpaired) electrons. The van der Waals surface area contributed by atoms with Gasteiger partial charge in [0.15, 0.2) is 11.7 Å². The summed E-state index contributed by atoms with van der Waals surface area (Å²) in [5.41, 5.74) is 0. The number of hydrogen-bond acceptors (Lipinski definition) is 6. The van der Waals surface area contributed by atoms with E-state index >= 15 is 0 Å². The number of halogens is 1. The van der Waals surface area contributed by atoms with Crippen LogP contribution in [0.5, 0.6) is 0 Å². The summed E-state index contributed by atoms with van der Waals surface area (Å²) in [6, 6.07) is 3.37. The summed E-state index contributed by atoms with van der Waals surface area (Å²) in [4.78, 5) is 30.6. The normalized spacial score (nSPS) is 10.7. The molecule has 0 spiro atoms. The molecule has 0 aliphatic rings. The molecule has 0 bridgehead atoms. The van der Waals surface area contributed by atoms with Crippen molar-refractivity contribution >= 4 is 39.9 Å². The van der Waals surface area contributed by atoms with E-state index in [2.05, 4.69) is 35.4 Å². The van der Waals surface area contributed by atoms with Crippen LogP contribution in [0.3, 0.4) is 0 Å².